The van der Waals surface area contributed by atoms with Gasteiger partial charge in [-0.25, -0.2) is 0 Å². The van der Waals surface area contributed by atoms with Gasteiger partial charge in [0.15, 0.2) is 0 Å². The van der Waals surface area contributed by atoms with E-state index in [1.165, 1.54) is 5.39 Å². The van der Waals surface area contributed by atoms with E-state index < -0.39 is 0 Å². The minimum Gasteiger partial charge on any atom is -0.383 e. The van der Waals surface area contributed by atoms with Crippen molar-refractivity contribution in [3.8, 4) is 0 Å². The Morgan fingerprint density at radius 2 is 1.95 bits per heavy atom. The average molecular weight is 286 g/mol. The van der Waals surface area contributed by atoms with Crippen LogP contribution in [0.3, 0.4) is 0 Å². The molecule has 1 amide bonds. The molecule has 0 saturated heterocycles. The number of benzene rings is 2. The molecule has 0 aliphatic rings. The molecule has 0 aliphatic heterocycles. The molecule has 2 N–H and O–H groups in total. The highest BCUT2D eigenvalue weighted by Crippen LogP contribution is 2.16. The van der Waals surface area contributed by atoms with E-state index in [4.69, 9.17) is 10.5 Å². The summed E-state index contributed by atoms with van der Waals surface area (Å²) in [5, 5.41) is 2.34. The third-order valence-electron chi connectivity index (χ3n) is 3.48. The third-order valence-corrected chi connectivity index (χ3v) is 3.48. The van der Waals surface area contributed by atoms with E-state index in [1.807, 2.05) is 18.2 Å². The second kappa shape index (κ2) is 7.20. The van der Waals surface area contributed by atoms with Gasteiger partial charge in [-0.05, 0) is 16.3 Å². The van der Waals surface area contributed by atoms with Gasteiger partial charge in [0.25, 0.3) is 0 Å². The average Bonchev–Trinajstić information content (AvgIpc) is 2.47. The Morgan fingerprint density at radius 1 is 1.24 bits per heavy atom. The summed E-state index contributed by atoms with van der Waals surface area (Å²) in [7, 11) is 3.38. The SMILES string of the molecule is COCC(N)CN(C)C(=O)Cc1ccc2ccccc2c1. The number of hydrogen-bond donors (Lipinski definition) is 1. The molecule has 0 aromatic heterocycles. The molecule has 0 heterocycles. The van der Waals surface area contributed by atoms with Gasteiger partial charge in [-0.2, -0.15) is 0 Å². The number of likely N-dealkylation sites (N-methyl/N-ethyl adjacent to an activating group) is 1. The maximum absolute atomic E-state index is 12.2. The lowest BCUT2D eigenvalue weighted by Gasteiger charge is -2.21. The number of amides is 1. The number of carbonyl (C=O) groups is 1. The third kappa shape index (κ3) is 4.28. The zero-order chi connectivity index (χ0) is 15.2. The summed E-state index contributed by atoms with van der Waals surface area (Å²) in [5.41, 5.74) is 6.89. The molecule has 1 atom stereocenters. The van der Waals surface area contributed by atoms with Crippen molar-refractivity contribution < 1.29 is 9.53 Å². The minimum atomic E-state index is -0.152. The van der Waals surface area contributed by atoms with Gasteiger partial charge >= 0.3 is 0 Å². The van der Waals surface area contributed by atoms with Crippen LogP contribution in [0.5, 0.6) is 0 Å². The first-order valence-electron chi connectivity index (χ1n) is 7.06. The van der Waals surface area contributed by atoms with Crippen LogP contribution < -0.4 is 5.73 Å². The zero-order valence-electron chi connectivity index (χ0n) is 12.6. The van der Waals surface area contributed by atoms with Crippen molar-refractivity contribution in [1.29, 1.82) is 0 Å². The zero-order valence-corrected chi connectivity index (χ0v) is 12.6. The standard InChI is InChI=1S/C17H22N2O2/c1-19(11-16(18)12-21-2)17(20)10-13-7-8-14-5-3-4-6-15(14)9-13/h3-9,16H,10-12,18H2,1-2H3. The predicted molar refractivity (Wildman–Crippen MR) is 85.1 cm³/mol. The van der Waals surface area contributed by atoms with Crippen LogP contribution in [0.25, 0.3) is 10.8 Å². The van der Waals surface area contributed by atoms with Crippen LogP contribution >= 0.6 is 0 Å². The van der Waals surface area contributed by atoms with E-state index in [2.05, 4.69) is 24.3 Å². The summed E-state index contributed by atoms with van der Waals surface area (Å²) in [5.74, 6) is 0.0665. The Balaban J connectivity index is 2.00. The quantitative estimate of drug-likeness (QED) is 0.881. The second-order valence-electron chi connectivity index (χ2n) is 5.35. The summed E-state index contributed by atoms with van der Waals surface area (Å²) in [6, 6.07) is 14.1. The number of rotatable bonds is 6. The molecule has 4 heteroatoms. The molecule has 0 spiro atoms. The van der Waals surface area contributed by atoms with Crippen LogP contribution in [-0.2, 0) is 16.0 Å². The summed E-state index contributed by atoms with van der Waals surface area (Å²) >= 11 is 0. The Morgan fingerprint density at radius 3 is 2.67 bits per heavy atom. The number of hydrogen-bond acceptors (Lipinski definition) is 3. The van der Waals surface area contributed by atoms with Gasteiger partial charge in [0, 0.05) is 26.7 Å². The van der Waals surface area contributed by atoms with Gasteiger partial charge in [-0.15, -0.1) is 0 Å². The predicted octanol–water partition coefficient (Wildman–Crippen LogP) is 1.81. The largest absolute Gasteiger partial charge is 0.383 e. The highest BCUT2D eigenvalue weighted by atomic mass is 16.5. The lowest BCUT2D eigenvalue weighted by Crippen LogP contribution is -2.41. The normalized spacial score (nSPS) is 12.3. The van der Waals surface area contributed by atoms with Crippen LogP contribution in [0.1, 0.15) is 5.56 Å². The molecule has 0 fully saturated rings. The monoisotopic (exact) mass is 286 g/mol. The summed E-state index contributed by atoms with van der Waals surface area (Å²) in [6.07, 6.45) is 0.390. The van der Waals surface area contributed by atoms with Crippen molar-refractivity contribution in [3.63, 3.8) is 0 Å². The highest BCUT2D eigenvalue weighted by Gasteiger charge is 2.13. The molecule has 0 aliphatic carbocycles. The van der Waals surface area contributed by atoms with Crippen LogP contribution in [0.15, 0.2) is 42.5 Å². The molecule has 0 radical (unpaired) electrons. The molecule has 2 aromatic carbocycles. The Bertz CT molecular complexity index is 613. The van der Waals surface area contributed by atoms with Crippen molar-refractivity contribution in [3.05, 3.63) is 48.0 Å². The lowest BCUT2D eigenvalue weighted by atomic mass is 10.0. The number of nitrogens with two attached hydrogens (primary N) is 1. The molecular formula is C17H22N2O2. The van der Waals surface area contributed by atoms with E-state index in [9.17, 15) is 4.79 Å². The molecular weight excluding hydrogens is 264 g/mol. The summed E-state index contributed by atoms with van der Waals surface area (Å²) < 4.78 is 4.99. The highest BCUT2D eigenvalue weighted by molar-refractivity contribution is 5.85. The van der Waals surface area contributed by atoms with E-state index in [0.29, 0.717) is 19.6 Å². The Hall–Kier alpha value is -1.91. The van der Waals surface area contributed by atoms with Crippen molar-refractivity contribution >= 4 is 16.7 Å². The van der Waals surface area contributed by atoms with Crippen LogP contribution in [0.2, 0.25) is 0 Å². The number of fused-ring (bicyclic) bond motifs is 1. The van der Waals surface area contributed by atoms with Crippen molar-refractivity contribution in [1.82, 2.24) is 4.90 Å². The van der Waals surface area contributed by atoms with Gasteiger partial charge in [0.05, 0.1) is 13.0 Å². The van der Waals surface area contributed by atoms with Crippen LogP contribution in [0, 0.1) is 0 Å². The summed E-state index contributed by atoms with van der Waals surface area (Å²) in [4.78, 5) is 13.9. The van der Waals surface area contributed by atoms with E-state index in [0.717, 1.165) is 10.9 Å². The van der Waals surface area contributed by atoms with Crippen molar-refractivity contribution in [2.24, 2.45) is 5.73 Å². The lowest BCUT2D eigenvalue weighted by molar-refractivity contribution is -0.129. The Kier molecular flexibility index (Phi) is 5.31. The van der Waals surface area contributed by atoms with Crippen molar-refractivity contribution in [2.75, 3.05) is 27.3 Å². The first kappa shape index (κ1) is 15.5. The van der Waals surface area contributed by atoms with Crippen LogP contribution in [-0.4, -0.2) is 44.2 Å². The summed E-state index contributed by atoms with van der Waals surface area (Å²) in [6.45, 7) is 0.952. The van der Waals surface area contributed by atoms with Gasteiger partial charge in [-0.1, -0.05) is 42.5 Å². The molecule has 2 aromatic rings. The molecule has 0 saturated carbocycles. The molecule has 112 valence electrons. The number of methoxy groups -OCH3 is 1. The van der Waals surface area contributed by atoms with Gasteiger partial charge in [0.2, 0.25) is 5.91 Å². The first-order chi connectivity index (χ1) is 10.1. The number of ether oxygens (including phenoxy) is 1. The minimum absolute atomic E-state index is 0.0665. The van der Waals surface area contributed by atoms with Gasteiger partial charge in [-0.3, -0.25) is 4.79 Å². The molecule has 1 unspecified atom stereocenters. The molecule has 2 rings (SSSR count). The first-order valence-corrected chi connectivity index (χ1v) is 7.06. The van der Waals surface area contributed by atoms with Crippen LogP contribution in [0.4, 0.5) is 0 Å². The number of nitrogens with zero attached hydrogens (tertiary/aromatic N) is 1. The van der Waals surface area contributed by atoms with E-state index >= 15 is 0 Å². The number of carbonyl (C=O) groups excluding carboxylic acids is 1. The molecule has 21 heavy (non-hydrogen) atoms. The Labute approximate surface area is 125 Å². The van der Waals surface area contributed by atoms with Crippen molar-refractivity contribution in [2.45, 2.75) is 12.5 Å². The fourth-order valence-corrected chi connectivity index (χ4v) is 2.38. The molecule has 4 nitrogen and oxygen atoms in total. The smallest absolute Gasteiger partial charge is 0.226 e. The van der Waals surface area contributed by atoms with E-state index in [-0.39, 0.29) is 11.9 Å². The topological polar surface area (TPSA) is 55.6 Å². The van der Waals surface area contributed by atoms with Gasteiger partial charge < -0.3 is 15.4 Å². The fourth-order valence-electron chi connectivity index (χ4n) is 2.38. The fraction of sp³-hybridized carbons (Fsp3) is 0.353. The second-order valence-corrected chi connectivity index (χ2v) is 5.35. The molecule has 0 bridgehead atoms. The van der Waals surface area contributed by atoms with Gasteiger partial charge in [0.1, 0.15) is 0 Å². The maximum Gasteiger partial charge on any atom is 0.226 e. The maximum atomic E-state index is 12.2. The van der Waals surface area contributed by atoms with E-state index in [1.54, 1.807) is 19.1 Å².